The van der Waals surface area contributed by atoms with E-state index in [0.717, 1.165) is 50.8 Å². The van der Waals surface area contributed by atoms with Gasteiger partial charge in [0.25, 0.3) is 0 Å². The molecule has 0 spiro atoms. The molecular formula is C24H34N4OS. The van der Waals surface area contributed by atoms with Crippen LogP contribution in [-0.4, -0.2) is 50.7 Å². The Morgan fingerprint density at radius 2 is 2.23 bits per heavy atom. The van der Waals surface area contributed by atoms with E-state index in [1.54, 1.807) is 0 Å². The number of benzene rings is 1. The molecule has 30 heavy (non-hydrogen) atoms. The van der Waals surface area contributed by atoms with Crippen LogP contribution in [0.2, 0.25) is 0 Å². The van der Waals surface area contributed by atoms with Gasteiger partial charge in [-0.3, -0.25) is 9.89 Å². The van der Waals surface area contributed by atoms with Gasteiger partial charge in [0.15, 0.2) is 5.96 Å². The molecular weight excluding hydrogens is 392 g/mol. The second-order valence-electron chi connectivity index (χ2n) is 8.28. The first-order valence-corrected chi connectivity index (χ1v) is 12.1. The summed E-state index contributed by atoms with van der Waals surface area (Å²) < 4.78 is 5.61. The highest BCUT2D eigenvalue weighted by Crippen LogP contribution is 2.37. The zero-order valence-corrected chi connectivity index (χ0v) is 19.0. The number of hydrogen-bond acceptors (Lipinski definition) is 4. The van der Waals surface area contributed by atoms with Crippen LogP contribution in [0.5, 0.6) is 5.75 Å². The normalized spacial score (nSPS) is 21.9. The molecule has 1 saturated heterocycles. The van der Waals surface area contributed by atoms with Crippen molar-refractivity contribution in [3.05, 3.63) is 51.7 Å². The van der Waals surface area contributed by atoms with Gasteiger partial charge in [0.1, 0.15) is 5.75 Å². The maximum Gasteiger partial charge on any atom is 0.191 e. The summed E-state index contributed by atoms with van der Waals surface area (Å²) in [5.41, 5.74) is 2.70. The van der Waals surface area contributed by atoms with Crippen LogP contribution >= 0.6 is 11.3 Å². The van der Waals surface area contributed by atoms with Gasteiger partial charge in [-0.05, 0) is 74.3 Å². The topological polar surface area (TPSA) is 48.9 Å². The van der Waals surface area contributed by atoms with Gasteiger partial charge < -0.3 is 15.4 Å². The van der Waals surface area contributed by atoms with Crippen molar-refractivity contribution in [2.24, 2.45) is 10.9 Å². The van der Waals surface area contributed by atoms with Crippen molar-refractivity contribution in [3.8, 4) is 5.75 Å². The van der Waals surface area contributed by atoms with E-state index < -0.39 is 0 Å². The van der Waals surface area contributed by atoms with Crippen molar-refractivity contribution in [2.75, 3.05) is 39.8 Å². The van der Waals surface area contributed by atoms with Gasteiger partial charge in [-0.1, -0.05) is 18.2 Å². The maximum absolute atomic E-state index is 5.61. The number of nitrogens with one attached hydrogen (secondary N) is 2. The predicted molar refractivity (Wildman–Crippen MR) is 126 cm³/mol. The average Bonchev–Trinajstić information content (AvgIpc) is 3.43. The van der Waals surface area contributed by atoms with Crippen molar-refractivity contribution >= 4 is 17.3 Å². The van der Waals surface area contributed by atoms with Gasteiger partial charge >= 0.3 is 0 Å². The lowest BCUT2D eigenvalue weighted by Crippen LogP contribution is -2.40. The Morgan fingerprint density at radius 3 is 3.07 bits per heavy atom. The first-order valence-electron chi connectivity index (χ1n) is 11.2. The van der Waals surface area contributed by atoms with E-state index in [4.69, 9.17) is 9.73 Å². The molecule has 0 bridgehead atoms. The van der Waals surface area contributed by atoms with Gasteiger partial charge in [0.05, 0.1) is 6.61 Å². The standard InChI is InChI=1S/C24H34N4OS/c1-3-25-24(26-12-10-18-8-9-21-19(16-18)11-14-29-21)27-17-20-6-4-13-28(2)23(20)22-7-5-15-30-22/h5,7-9,15-16,20,23H,3-4,6,10-14,17H2,1-2H3,(H2,25,26,27). The summed E-state index contributed by atoms with van der Waals surface area (Å²) in [6.45, 7) is 6.73. The summed E-state index contributed by atoms with van der Waals surface area (Å²) in [5.74, 6) is 2.55. The Bertz CT molecular complexity index is 836. The number of thiophene rings is 1. The van der Waals surface area contributed by atoms with Crippen LogP contribution in [0.15, 0.2) is 40.7 Å². The van der Waals surface area contributed by atoms with Gasteiger partial charge in [-0.15, -0.1) is 11.3 Å². The lowest BCUT2D eigenvalue weighted by molar-refractivity contribution is 0.128. The molecule has 2 aliphatic rings. The Labute approximate surface area is 184 Å². The Balaban J connectivity index is 1.34. The van der Waals surface area contributed by atoms with E-state index in [-0.39, 0.29) is 0 Å². The van der Waals surface area contributed by atoms with E-state index in [1.807, 2.05) is 11.3 Å². The first-order chi connectivity index (χ1) is 14.7. The van der Waals surface area contributed by atoms with Crippen molar-refractivity contribution in [1.29, 1.82) is 0 Å². The molecule has 4 rings (SSSR count). The zero-order chi connectivity index (χ0) is 20.8. The van der Waals surface area contributed by atoms with Crippen LogP contribution in [0.3, 0.4) is 0 Å². The van der Waals surface area contributed by atoms with Crippen LogP contribution in [0, 0.1) is 5.92 Å². The minimum Gasteiger partial charge on any atom is -0.493 e. The molecule has 2 aliphatic heterocycles. The fourth-order valence-electron chi connectivity index (χ4n) is 4.63. The molecule has 2 aromatic rings. The van der Waals surface area contributed by atoms with Crippen LogP contribution in [0.1, 0.15) is 41.8 Å². The molecule has 0 amide bonds. The third kappa shape index (κ3) is 5.16. The van der Waals surface area contributed by atoms with Gasteiger partial charge in [0, 0.05) is 37.0 Å². The number of hydrogen-bond donors (Lipinski definition) is 2. The summed E-state index contributed by atoms with van der Waals surface area (Å²) in [5, 5.41) is 9.14. The highest BCUT2D eigenvalue weighted by atomic mass is 32.1. The molecule has 1 aromatic carbocycles. The number of guanidine groups is 1. The largest absolute Gasteiger partial charge is 0.493 e. The predicted octanol–water partition coefficient (Wildman–Crippen LogP) is 3.86. The quantitative estimate of drug-likeness (QED) is 0.521. The number of aliphatic imine (C=N–C) groups is 1. The number of likely N-dealkylation sites (tertiary alicyclic amines) is 1. The van der Waals surface area contributed by atoms with Crippen LogP contribution in [0.25, 0.3) is 0 Å². The summed E-state index contributed by atoms with van der Waals surface area (Å²) in [4.78, 5) is 8.95. The SMILES string of the molecule is CCNC(=NCC1CCCN(C)C1c1cccs1)NCCc1ccc2c(c1)CCO2. The molecule has 5 nitrogen and oxygen atoms in total. The molecule has 2 N–H and O–H groups in total. The fourth-order valence-corrected chi connectivity index (χ4v) is 5.61. The smallest absolute Gasteiger partial charge is 0.191 e. The summed E-state index contributed by atoms with van der Waals surface area (Å²) in [7, 11) is 2.26. The highest BCUT2D eigenvalue weighted by molar-refractivity contribution is 7.10. The minimum atomic E-state index is 0.485. The first kappa shape index (κ1) is 21.2. The van der Waals surface area contributed by atoms with Gasteiger partial charge in [-0.25, -0.2) is 0 Å². The fraction of sp³-hybridized carbons (Fsp3) is 0.542. The second-order valence-corrected chi connectivity index (χ2v) is 9.26. The molecule has 1 fully saturated rings. The molecule has 6 heteroatoms. The number of fused-ring (bicyclic) bond motifs is 1. The lowest BCUT2D eigenvalue weighted by atomic mass is 9.88. The van der Waals surface area contributed by atoms with Crippen LogP contribution in [0.4, 0.5) is 0 Å². The molecule has 0 radical (unpaired) electrons. The van der Waals surface area contributed by atoms with Crippen molar-refractivity contribution in [1.82, 2.24) is 15.5 Å². The maximum atomic E-state index is 5.61. The van der Waals surface area contributed by atoms with Crippen molar-refractivity contribution in [2.45, 2.75) is 38.6 Å². The monoisotopic (exact) mass is 426 g/mol. The summed E-state index contributed by atoms with van der Waals surface area (Å²) in [6.07, 6.45) is 4.52. The Morgan fingerprint density at radius 1 is 1.30 bits per heavy atom. The molecule has 0 saturated carbocycles. The Hall–Kier alpha value is -2.05. The third-order valence-electron chi connectivity index (χ3n) is 6.13. The summed E-state index contributed by atoms with van der Waals surface area (Å²) in [6, 6.07) is 11.5. The van der Waals surface area contributed by atoms with E-state index in [2.05, 4.69) is 65.2 Å². The van der Waals surface area contributed by atoms with Crippen LogP contribution in [-0.2, 0) is 12.8 Å². The van der Waals surface area contributed by atoms with E-state index in [9.17, 15) is 0 Å². The number of rotatable bonds is 7. The highest BCUT2D eigenvalue weighted by Gasteiger charge is 2.31. The van der Waals surface area contributed by atoms with E-state index in [1.165, 1.54) is 35.4 Å². The molecule has 3 heterocycles. The number of piperidine rings is 1. The molecule has 162 valence electrons. The lowest BCUT2D eigenvalue weighted by Gasteiger charge is -2.38. The van der Waals surface area contributed by atoms with Gasteiger partial charge in [0.2, 0.25) is 0 Å². The second kappa shape index (κ2) is 10.3. The molecule has 0 aliphatic carbocycles. The van der Waals surface area contributed by atoms with E-state index in [0.29, 0.717) is 12.0 Å². The Kier molecular flexibility index (Phi) is 7.28. The molecule has 2 atom stereocenters. The minimum absolute atomic E-state index is 0.485. The molecule has 1 aromatic heterocycles. The van der Waals surface area contributed by atoms with Gasteiger partial charge in [-0.2, -0.15) is 0 Å². The third-order valence-corrected chi connectivity index (χ3v) is 7.07. The number of nitrogens with zero attached hydrogens (tertiary/aromatic N) is 2. The van der Waals surface area contributed by atoms with Crippen LogP contribution < -0.4 is 15.4 Å². The van der Waals surface area contributed by atoms with Crippen molar-refractivity contribution in [3.63, 3.8) is 0 Å². The number of ether oxygens (including phenoxy) is 1. The van der Waals surface area contributed by atoms with E-state index >= 15 is 0 Å². The van der Waals surface area contributed by atoms with Crippen molar-refractivity contribution < 1.29 is 4.74 Å². The average molecular weight is 427 g/mol. The molecule has 2 unspecified atom stereocenters. The summed E-state index contributed by atoms with van der Waals surface area (Å²) >= 11 is 1.87. The zero-order valence-electron chi connectivity index (χ0n) is 18.2.